The molecule has 7 atom stereocenters. The van der Waals surface area contributed by atoms with Crippen molar-refractivity contribution in [1.29, 1.82) is 5.26 Å². The van der Waals surface area contributed by atoms with Gasteiger partial charge in [0.2, 0.25) is 5.91 Å². The third-order valence-corrected chi connectivity index (χ3v) is 9.55. The van der Waals surface area contributed by atoms with E-state index in [4.69, 9.17) is 23.2 Å². The number of hydrogen-bond donors (Lipinski definition) is 2. The van der Waals surface area contributed by atoms with Crippen LogP contribution in [0.1, 0.15) is 76.5 Å². The van der Waals surface area contributed by atoms with E-state index in [9.17, 15) is 20.3 Å². The molecule has 0 unspecified atom stereocenters. The van der Waals surface area contributed by atoms with Gasteiger partial charge in [-0.15, -0.1) is 0 Å². The van der Waals surface area contributed by atoms with Crippen molar-refractivity contribution in [2.45, 2.75) is 83.6 Å². The van der Waals surface area contributed by atoms with Crippen LogP contribution in [0, 0.1) is 28.1 Å². The summed E-state index contributed by atoms with van der Waals surface area (Å²) >= 11 is 12.7. The first kappa shape index (κ1) is 29.6. The normalized spacial score (nSPS) is 31.4. The van der Waals surface area contributed by atoms with Crippen LogP contribution in [-0.2, 0) is 4.79 Å². The summed E-state index contributed by atoms with van der Waals surface area (Å²) in [5.74, 6) is -0.331. The fourth-order valence-corrected chi connectivity index (χ4v) is 7.14. The number of benzene rings is 2. The lowest BCUT2D eigenvalue weighted by Crippen LogP contribution is -2.55. The molecular formula is C32H38Cl2N2O3. The Kier molecular flexibility index (Phi) is 8.83. The van der Waals surface area contributed by atoms with Gasteiger partial charge in [-0.2, -0.15) is 5.26 Å². The molecule has 0 spiro atoms. The fraction of sp³-hybridized carbons (Fsp3) is 0.500. The zero-order valence-electron chi connectivity index (χ0n) is 23.0. The molecule has 0 bridgehead atoms. The van der Waals surface area contributed by atoms with E-state index < -0.39 is 23.0 Å². The van der Waals surface area contributed by atoms with Crippen LogP contribution < -0.4 is 0 Å². The average Bonchev–Trinajstić information content (AvgIpc) is 3.09. The molecule has 2 N–H and O–H groups in total. The van der Waals surface area contributed by atoms with Gasteiger partial charge in [0, 0.05) is 32.9 Å². The molecule has 1 saturated carbocycles. The van der Waals surface area contributed by atoms with Gasteiger partial charge in [-0.25, -0.2) is 0 Å². The van der Waals surface area contributed by atoms with Crippen molar-refractivity contribution in [1.82, 2.24) is 4.90 Å². The molecule has 2 aromatic carbocycles. The molecule has 2 aromatic rings. The van der Waals surface area contributed by atoms with Crippen molar-refractivity contribution in [3.8, 4) is 6.07 Å². The third kappa shape index (κ3) is 5.77. The Morgan fingerprint density at radius 1 is 1.10 bits per heavy atom. The van der Waals surface area contributed by atoms with Crippen molar-refractivity contribution in [3.05, 3.63) is 81.9 Å². The number of carbonyl (C=O) groups excluding carboxylic acids is 1. The van der Waals surface area contributed by atoms with Gasteiger partial charge in [-0.3, -0.25) is 4.79 Å². The highest BCUT2D eigenvalue weighted by molar-refractivity contribution is 6.30. The fourth-order valence-electron chi connectivity index (χ4n) is 6.81. The summed E-state index contributed by atoms with van der Waals surface area (Å²) in [6.45, 7) is 7.76. The first-order valence-electron chi connectivity index (χ1n) is 13.7. The van der Waals surface area contributed by atoms with Crippen LogP contribution in [0.4, 0.5) is 0 Å². The summed E-state index contributed by atoms with van der Waals surface area (Å²) in [5, 5.41) is 32.4. The van der Waals surface area contributed by atoms with E-state index in [0.717, 1.165) is 11.1 Å². The number of carbonyl (C=O) groups is 1. The molecule has 7 heteroatoms. The predicted molar refractivity (Wildman–Crippen MR) is 155 cm³/mol. The zero-order chi connectivity index (χ0) is 28.5. The number of likely N-dealkylation sites (tertiary alicyclic amines) is 1. The highest BCUT2D eigenvalue weighted by Crippen LogP contribution is 2.55. The van der Waals surface area contributed by atoms with Gasteiger partial charge < -0.3 is 15.1 Å². The van der Waals surface area contributed by atoms with Crippen molar-refractivity contribution in [2.24, 2.45) is 16.7 Å². The minimum atomic E-state index is -0.810. The van der Waals surface area contributed by atoms with Crippen LogP contribution in [0.3, 0.4) is 0 Å². The van der Waals surface area contributed by atoms with E-state index in [-0.39, 0.29) is 29.8 Å². The first-order chi connectivity index (χ1) is 18.4. The number of amides is 1. The van der Waals surface area contributed by atoms with Crippen LogP contribution in [-0.4, -0.2) is 39.3 Å². The Hall–Kier alpha value is -2.36. The Labute approximate surface area is 242 Å². The maximum absolute atomic E-state index is 14.7. The van der Waals surface area contributed by atoms with E-state index in [2.05, 4.69) is 12.1 Å². The lowest BCUT2D eigenvalue weighted by atomic mass is 9.64. The molecule has 4 rings (SSSR count). The molecule has 39 heavy (non-hydrogen) atoms. The number of nitrogens with zero attached hydrogens (tertiary/aromatic N) is 2. The van der Waals surface area contributed by atoms with E-state index in [1.54, 1.807) is 6.08 Å². The van der Waals surface area contributed by atoms with Crippen LogP contribution in [0.25, 0.3) is 0 Å². The van der Waals surface area contributed by atoms with Crippen LogP contribution >= 0.6 is 23.2 Å². The average molecular weight is 570 g/mol. The van der Waals surface area contributed by atoms with E-state index in [0.29, 0.717) is 35.7 Å². The molecule has 208 valence electrons. The maximum atomic E-state index is 14.7. The van der Waals surface area contributed by atoms with E-state index >= 15 is 0 Å². The van der Waals surface area contributed by atoms with Crippen LogP contribution in [0.15, 0.2) is 60.7 Å². The van der Waals surface area contributed by atoms with Gasteiger partial charge in [-0.05, 0) is 67.0 Å². The molecule has 1 saturated heterocycles. The Morgan fingerprint density at radius 2 is 1.79 bits per heavy atom. The van der Waals surface area contributed by atoms with Gasteiger partial charge in [0.25, 0.3) is 0 Å². The first-order valence-corrected chi connectivity index (χ1v) is 14.4. The number of allylic oxidation sites excluding steroid dienone is 1. The highest BCUT2D eigenvalue weighted by Gasteiger charge is 2.55. The smallest absolute Gasteiger partial charge is 0.229 e. The van der Waals surface area contributed by atoms with Crippen molar-refractivity contribution in [3.63, 3.8) is 0 Å². The largest absolute Gasteiger partial charge is 0.392 e. The van der Waals surface area contributed by atoms with E-state index in [1.165, 1.54) is 6.08 Å². The SMILES string of the molecule is CC[C@@H](/C=C/C#N)N1C(=O)[C@@](C)(C[C@H]2C[C@H](O)C(C)(C)[C@H]2O)C[C@H](c2cccc(Cl)c2)[C@H]1c1ccc(Cl)cc1. The molecule has 0 radical (unpaired) electrons. The lowest BCUT2D eigenvalue weighted by molar-refractivity contribution is -0.155. The second-order valence-corrected chi connectivity index (χ2v) is 13.0. The standard InChI is InChI=1S/C32H38Cl2N2O3/c1-5-25(10-7-15-35)36-28(20-11-13-23(33)14-12-20)26(21-8-6-9-24(34)16-21)19-32(4,30(36)39)18-22-17-27(37)31(2,3)29(22)38/h6-14,16,22,25-29,37-38H,5,17-19H2,1-4H3/b10-7+/t22-,25+,26-,27+,28-,29+,32+/m1/s1. The monoisotopic (exact) mass is 568 g/mol. The molecule has 1 amide bonds. The van der Waals surface area contributed by atoms with Crippen LogP contribution in [0.5, 0.6) is 0 Å². The number of nitriles is 1. The lowest BCUT2D eigenvalue weighted by Gasteiger charge is -2.52. The zero-order valence-corrected chi connectivity index (χ0v) is 24.5. The van der Waals surface area contributed by atoms with Gasteiger partial charge in [-0.1, -0.05) is 81.2 Å². The number of rotatable bonds is 7. The Bertz CT molecular complexity index is 1250. The summed E-state index contributed by atoms with van der Waals surface area (Å²) in [6.07, 6.45) is 3.97. The number of hydrogen-bond acceptors (Lipinski definition) is 4. The number of halogens is 2. The maximum Gasteiger partial charge on any atom is 0.229 e. The Balaban J connectivity index is 1.87. The number of aliphatic hydroxyl groups is 2. The molecule has 1 aliphatic heterocycles. The summed E-state index contributed by atoms with van der Waals surface area (Å²) in [4.78, 5) is 16.6. The van der Waals surface area contributed by atoms with Crippen LogP contribution in [0.2, 0.25) is 10.0 Å². The molecule has 1 aliphatic carbocycles. The van der Waals surface area contributed by atoms with Crippen molar-refractivity contribution >= 4 is 29.1 Å². The van der Waals surface area contributed by atoms with Gasteiger partial charge >= 0.3 is 0 Å². The summed E-state index contributed by atoms with van der Waals surface area (Å²) in [5.41, 5.74) is 0.534. The molecule has 0 aromatic heterocycles. The summed E-state index contributed by atoms with van der Waals surface area (Å²) in [6, 6.07) is 16.9. The quantitative estimate of drug-likeness (QED) is 0.349. The molecule has 5 nitrogen and oxygen atoms in total. The molecular weight excluding hydrogens is 531 g/mol. The predicted octanol–water partition coefficient (Wildman–Crippen LogP) is 7.07. The molecule has 1 heterocycles. The van der Waals surface area contributed by atoms with Gasteiger partial charge in [0.05, 0.1) is 30.4 Å². The number of aliphatic hydroxyl groups excluding tert-OH is 2. The Morgan fingerprint density at radius 3 is 2.36 bits per heavy atom. The van der Waals surface area contributed by atoms with E-state index in [1.807, 2.05) is 75.1 Å². The molecule has 2 fully saturated rings. The minimum Gasteiger partial charge on any atom is -0.392 e. The molecule has 2 aliphatic rings. The topological polar surface area (TPSA) is 84.6 Å². The van der Waals surface area contributed by atoms with Crippen molar-refractivity contribution < 1.29 is 15.0 Å². The van der Waals surface area contributed by atoms with Gasteiger partial charge in [0.1, 0.15) is 0 Å². The summed E-state index contributed by atoms with van der Waals surface area (Å²) in [7, 11) is 0. The van der Waals surface area contributed by atoms with Crippen molar-refractivity contribution in [2.75, 3.05) is 0 Å². The second-order valence-electron chi connectivity index (χ2n) is 12.1. The third-order valence-electron chi connectivity index (χ3n) is 9.07. The second kappa shape index (κ2) is 11.6. The highest BCUT2D eigenvalue weighted by atomic mass is 35.5. The minimum absolute atomic E-state index is 0.0124. The van der Waals surface area contributed by atoms with Gasteiger partial charge in [0.15, 0.2) is 0 Å². The number of piperidine rings is 1. The summed E-state index contributed by atoms with van der Waals surface area (Å²) < 4.78 is 0.